The number of ketones is 1. The lowest BCUT2D eigenvalue weighted by Crippen LogP contribution is -2.12. The van der Waals surface area contributed by atoms with E-state index in [1.165, 1.54) is 16.9 Å². The third-order valence-corrected chi connectivity index (χ3v) is 5.94. The molecule has 29 heavy (non-hydrogen) atoms. The molecule has 0 bridgehead atoms. The Balaban J connectivity index is 1.34. The molecule has 1 N–H and O–H groups in total. The lowest BCUT2D eigenvalue weighted by molar-refractivity contribution is -0.116. The van der Waals surface area contributed by atoms with Crippen molar-refractivity contribution in [2.24, 2.45) is 0 Å². The number of fused-ring (bicyclic) bond motifs is 1. The topological polar surface area (TPSA) is 98.0 Å². The van der Waals surface area contributed by atoms with E-state index in [4.69, 9.17) is 4.52 Å². The van der Waals surface area contributed by atoms with Gasteiger partial charge < -0.3 is 9.84 Å². The highest BCUT2D eigenvalue weighted by Gasteiger charge is 2.22. The molecular formula is C21H22N4O3S. The number of amides is 1. The second-order valence-corrected chi connectivity index (χ2v) is 8.41. The average Bonchev–Trinajstić information content (AvgIpc) is 3.34. The maximum absolute atomic E-state index is 12.2. The van der Waals surface area contributed by atoms with Crippen LogP contribution in [0, 0.1) is 0 Å². The van der Waals surface area contributed by atoms with Crippen LogP contribution >= 0.6 is 11.3 Å². The van der Waals surface area contributed by atoms with Crippen molar-refractivity contribution >= 4 is 28.2 Å². The van der Waals surface area contributed by atoms with Crippen LogP contribution < -0.4 is 5.32 Å². The van der Waals surface area contributed by atoms with Gasteiger partial charge in [0.05, 0.1) is 10.6 Å². The highest BCUT2D eigenvalue weighted by molar-refractivity contribution is 7.17. The number of carbonyl (C=O) groups is 2. The Morgan fingerprint density at radius 2 is 2.00 bits per heavy atom. The van der Waals surface area contributed by atoms with E-state index in [1.807, 2.05) is 12.1 Å². The fourth-order valence-corrected chi connectivity index (χ4v) is 4.21. The molecule has 4 rings (SSSR count). The van der Waals surface area contributed by atoms with Gasteiger partial charge in [-0.2, -0.15) is 4.98 Å². The van der Waals surface area contributed by atoms with Crippen molar-refractivity contribution in [1.82, 2.24) is 15.1 Å². The van der Waals surface area contributed by atoms with Gasteiger partial charge in [0, 0.05) is 24.8 Å². The monoisotopic (exact) mass is 410 g/mol. The van der Waals surface area contributed by atoms with Crippen molar-refractivity contribution < 1.29 is 14.1 Å². The van der Waals surface area contributed by atoms with Gasteiger partial charge in [-0.15, -0.1) is 0 Å². The molecule has 1 amide bonds. The molecule has 0 radical (unpaired) electrons. The average molecular weight is 410 g/mol. The number of thiazole rings is 1. The first-order valence-corrected chi connectivity index (χ1v) is 10.6. The number of nitrogens with one attached hydrogen (secondary N) is 1. The summed E-state index contributed by atoms with van der Waals surface area (Å²) >= 11 is 1.25. The Morgan fingerprint density at radius 1 is 1.21 bits per heavy atom. The van der Waals surface area contributed by atoms with Crippen LogP contribution in [-0.4, -0.2) is 26.8 Å². The van der Waals surface area contributed by atoms with E-state index in [0.29, 0.717) is 40.5 Å². The standard InChI is InChI=1S/C21H22N4O3S/c1-12(2)13-6-8-14(9-7-13)20-24-18(28-25-20)11-10-17(27)23-21-22-15-4-3-5-16(26)19(15)29-21/h6-9,12H,3-5,10-11H2,1-2H3,(H,22,23,27). The number of aryl methyl sites for hydroxylation is 2. The van der Waals surface area contributed by atoms with Crippen molar-refractivity contribution in [3.63, 3.8) is 0 Å². The van der Waals surface area contributed by atoms with Crippen LogP contribution in [0.5, 0.6) is 0 Å². The maximum Gasteiger partial charge on any atom is 0.227 e. The van der Waals surface area contributed by atoms with Gasteiger partial charge in [0.25, 0.3) is 0 Å². The number of benzene rings is 1. The zero-order valence-electron chi connectivity index (χ0n) is 16.4. The molecule has 2 heterocycles. The van der Waals surface area contributed by atoms with E-state index in [0.717, 1.165) is 24.1 Å². The number of Topliss-reactive ketones (excluding diaryl/α,β-unsaturated/α-hetero) is 1. The van der Waals surface area contributed by atoms with E-state index in [9.17, 15) is 9.59 Å². The second kappa shape index (κ2) is 8.24. The molecule has 8 heteroatoms. The van der Waals surface area contributed by atoms with Gasteiger partial charge in [-0.25, -0.2) is 4.98 Å². The third kappa shape index (κ3) is 4.42. The lowest BCUT2D eigenvalue weighted by Gasteiger charge is -2.05. The van der Waals surface area contributed by atoms with Crippen molar-refractivity contribution in [1.29, 1.82) is 0 Å². The number of rotatable bonds is 6. The van der Waals surface area contributed by atoms with Gasteiger partial charge in [-0.1, -0.05) is 54.6 Å². The summed E-state index contributed by atoms with van der Waals surface area (Å²) in [6, 6.07) is 8.06. The normalized spacial score (nSPS) is 13.6. The minimum atomic E-state index is -0.190. The smallest absolute Gasteiger partial charge is 0.227 e. The Kier molecular flexibility index (Phi) is 5.53. The molecular weight excluding hydrogens is 388 g/mol. The van der Waals surface area contributed by atoms with Crippen LogP contribution in [0.4, 0.5) is 5.13 Å². The van der Waals surface area contributed by atoms with Crippen LogP contribution in [0.15, 0.2) is 28.8 Å². The van der Waals surface area contributed by atoms with Gasteiger partial charge in [-0.05, 0) is 24.3 Å². The first-order chi connectivity index (χ1) is 14.0. The molecule has 0 unspecified atom stereocenters. The number of anilines is 1. The first kappa shape index (κ1) is 19.4. The van der Waals surface area contributed by atoms with Crippen molar-refractivity contribution in [2.45, 2.75) is 51.9 Å². The van der Waals surface area contributed by atoms with Crippen molar-refractivity contribution in [3.05, 3.63) is 46.3 Å². The molecule has 0 aliphatic heterocycles. The maximum atomic E-state index is 12.2. The van der Waals surface area contributed by atoms with Crippen LogP contribution in [0.3, 0.4) is 0 Å². The number of aromatic nitrogens is 3. The largest absolute Gasteiger partial charge is 0.339 e. The van der Waals surface area contributed by atoms with Crippen LogP contribution in [-0.2, 0) is 17.6 Å². The molecule has 0 fully saturated rings. The molecule has 0 spiro atoms. The molecule has 0 saturated heterocycles. The van der Waals surface area contributed by atoms with Crippen LogP contribution in [0.1, 0.15) is 65.8 Å². The number of nitrogens with zero attached hydrogens (tertiary/aromatic N) is 3. The summed E-state index contributed by atoms with van der Waals surface area (Å²) in [5.74, 6) is 1.32. The summed E-state index contributed by atoms with van der Waals surface area (Å²) in [4.78, 5) is 33.6. The van der Waals surface area contributed by atoms with Gasteiger partial charge in [0.2, 0.25) is 17.6 Å². The fourth-order valence-electron chi connectivity index (χ4n) is 3.22. The Bertz CT molecular complexity index is 1040. The highest BCUT2D eigenvalue weighted by Crippen LogP contribution is 2.29. The lowest BCUT2D eigenvalue weighted by atomic mass is 10.0. The molecule has 3 aromatic rings. The van der Waals surface area contributed by atoms with E-state index in [2.05, 4.69) is 46.4 Å². The summed E-state index contributed by atoms with van der Waals surface area (Å²) in [6.45, 7) is 4.29. The zero-order valence-corrected chi connectivity index (χ0v) is 17.2. The molecule has 1 aromatic carbocycles. The van der Waals surface area contributed by atoms with Gasteiger partial charge in [-0.3, -0.25) is 9.59 Å². The molecule has 2 aromatic heterocycles. The summed E-state index contributed by atoms with van der Waals surface area (Å²) in [5, 5.41) is 7.26. The summed E-state index contributed by atoms with van der Waals surface area (Å²) in [7, 11) is 0. The van der Waals surface area contributed by atoms with Gasteiger partial charge in [0.15, 0.2) is 10.9 Å². The van der Waals surface area contributed by atoms with E-state index in [1.54, 1.807) is 0 Å². The van der Waals surface area contributed by atoms with E-state index < -0.39 is 0 Å². The number of carbonyl (C=O) groups excluding carboxylic acids is 2. The number of hydrogen-bond acceptors (Lipinski definition) is 7. The molecule has 0 saturated carbocycles. The molecule has 1 aliphatic rings. The van der Waals surface area contributed by atoms with Gasteiger partial charge >= 0.3 is 0 Å². The van der Waals surface area contributed by atoms with E-state index in [-0.39, 0.29) is 18.1 Å². The van der Waals surface area contributed by atoms with Crippen LogP contribution in [0.25, 0.3) is 11.4 Å². The minimum absolute atomic E-state index is 0.115. The second-order valence-electron chi connectivity index (χ2n) is 7.41. The van der Waals surface area contributed by atoms with Crippen LogP contribution in [0.2, 0.25) is 0 Å². The minimum Gasteiger partial charge on any atom is -0.339 e. The fraction of sp³-hybridized carbons (Fsp3) is 0.381. The Morgan fingerprint density at radius 3 is 2.72 bits per heavy atom. The van der Waals surface area contributed by atoms with Crippen molar-refractivity contribution in [2.75, 3.05) is 5.32 Å². The predicted molar refractivity (Wildman–Crippen MR) is 110 cm³/mol. The summed E-state index contributed by atoms with van der Waals surface area (Å²) < 4.78 is 5.28. The summed E-state index contributed by atoms with van der Waals surface area (Å²) in [5.41, 5.74) is 2.93. The Hall–Kier alpha value is -2.87. The predicted octanol–water partition coefficient (Wildman–Crippen LogP) is 4.41. The van der Waals surface area contributed by atoms with Gasteiger partial charge in [0.1, 0.15) is 0 Å². The van der Waals surface area contributed by atoms with Crippen molar-refractivity contribution in [3.8, 4) is 11.4 Å². The number of hydrogen-bond donors (Lipinski definition) is 1. The molecule has 0 atom stereocenters. The quantitative estimate of drug-likeness (QED) is 0.646. The first-order valence-electron chi connectivity index (χ1n) is 9.75. The Labute approximate surface area is 172 Å². The third-order valence-electron chi connectivity index (χ3n) is 4.88. The zero-order chi connectivity index (χ0) is 20.4. The summed E-state index contributed by atoms with van der Waals surface area (Å²) in [6.07, 6.45) is 2.71. The molecule has 150 valence electrons. The molecule has 7 nitrogen and oxygen atoms in total. The highest BCUT2D eigenvalue weighted by atomic mass is 32.1. The SMILES string of the molecule is CC(C)c1ccc(-c2noc(CCC(=O)Nc3nc4c(s3)C(=O)CCC4)n2)cc1. The molecule has 1 aliphatic carbocycles. The van der Waals surface area contributed by atoms with E-state index >= 15 is 0 Å².